The van der Waals surface area contributed by atoms with E-state index in [1.165, 1.54) is 22.5 Å². The molecule has 0 aliphatic heterocycles. The van der Waals surface area contributed by atoms with E-state index < -0.39 is 0 Å². The van der Waals surface area contributed by atoms with Crippen molar-refractivity contribution >= 4 is 44.6 Å². The predicted octanol–water partition coefficient (Wildman–Crippen LogP) is 7.15. The highest BCUT2D eigenvalue weighted by atomic mass is 32.1. The molecule has 2 N–H and O–H groups in total. The maximum atomic E-state index is 13.7. The van der Waals surface area contributed by atoms with E-state index in [0.29, 0.717) is 16.5 Å². The summed E-state index contributed by atoms with van der Waals surface area (Å²) in [5.41, 5.74) is 2.57. The Morgan fingerprint density at radius 3 is 2.53 bits per heavy atom. The number of hydrogen-bond donors (Lipinski definition) is 2. The van der Waals surface area contributed by atoms with Crippen molar-refractivity contribution in [1.29, 1.82) is 0 Å². The summed E-state index contributed by atoms with van der Waals surface area (Å²) in [6.45, 7) is 6.80. The van der Waals surface area contributed by atoms with Gasteiger partial charge >= 0.3 is 0 Å². The van der Waals surface area contributed by atoms with Gasteiger partial charge in [-0.2, -0.15) is 0 Å². The molecule has 0 saturated heterocycles. The first-order valence-corrected chi connectivity index (χ1v) is 12.4. The van der Waals surface area contributed by atoms with Crippen LogP contribution in [0.4, 0.5) is 10.7 Å². The first kappa shape index (κ1) is 22.4. The normalized spacial score (nSPS) is 15.7. The molecule has 2 aromatic heterocycles. The van der Waals surface area contributed by atoms with Gasteiger partial charge in [0.15, 0.2) is 5.76 Å². The smallest absolute Gasteiger partial charge is 0.291 e. The number of fused-ring (bicyclic) bond motifs is 2. The van der Waals surface area contributed by atoms with Crippen LogP contribution in [0, 0.1) is 11.3 Å². The third-order valence-corrected chi connectivity index (χ3v) is 7.90. The van der Waals surface area contributed by atoms with Gasteiger partial charge in [-0.1, -0.05) is 57.2 Å². The van der Waals surface area contributed by atoms with Gasteiger partial charge in [-0.05, 0) is 59.7 Å². The second-order valence-electron chi connectivity index (χ2n) is 9.93. The summed E-state index contributed by atoms with van der Waals surface area (Å²) in [4.78, 5) is 27.7. The lowest BCUT2D eigenvalue weighted by Crippen LogP contribution is -2.27. The average Bonchev–Trinajstić information content (AvgIpc) is 3.46. The minimum atomic E-state index is -0.352. The largest absolute Gasteiger partial charge is 0.459 e. The van der Waals surface area contributed by atoms with Gasteiger partial charge in [0.05, 0.1) is 11.8 Å². The number of carbonyl (C=O) groups excluding carboxylic acids is 2. The number of thiophene rings is 1. The van der Waals surface area contributed by atoms with Crippen LogP contribution >= 0.6 is 11.3 Å². The van der Waals surface area contributed by atoms with Gasteiger partial charge < -0.3 is 15.1 Å². The van der Waals surface area contributed by atoms with E-state index in [1.807, 2.05) is 42.5 Å². The van der Waals surface area contributed by atoms with Crippen LogP contribution in [0.1, 0.15) is 58.5 Å². The van der Waals surface area contributed by atoms with Gasteiger partial charge in [0.1, 0.15) is 5.00 Å². The Kier molecular flexibility index (Phi) is 5.78. The Labute approximate surface area is 203 Å². The molecule has 1 aliphatic rings. The molecule has 6 heteroatoms. The molecule has 0 radical (unpaired) electrons. The lowest BCUT2D eigenvalue weighted by molar-refractivity contribution is 0.0997. The Hall–Kier alpha value is -3.38. The van der Waals surface area contributed by atoms with E-state index in [-0.39, 0.29) is 23.0 Å². The summed E-state index contributed by atoms with van der Waals surface area (Å²) >= 11 is 1.52. The maximum Gasteiger partial charge on any atom is 0.291 e. The van der Waals surface area contributed by atoms with Crippen molar-refractivity contribution in [2.24, 2.45) is 11.3 Å². The van der Waals surface area contributed by atoms with Crippen molar-refractivity contribution in [3.8, 4) is 0 Å². The molecule has 5 nitrogen and oxygen atoms in total. The van der Waals surface area contributed by atoms with E-state index in [0.717, 1.165) is 41.3 Å². The van der Waals surface area contributed by atoms with E-state index >= 15 is 0 Å². The molecule has 2 aromatic carbocycles. The SMILES string of the molecule is CC(C)(C)[C@@H]1CCc2c(sc(NC(=O)c3ccco3)c2C(=O)Nc2cccc3ccccc23)C1. The second-order valence-corrected chi connectivity index (χ2v) is 11.0. The zero-order valence-electron chi connectivity index (χ0n) is 19.6. The Morgan fingerprint density at radius 1 is 0.971 bits per heavy atom. The highest BCUT2D eigenvalue weighted by molar-refractivity contribution is 7.17. The first-order chi connectivity index (χ1) is 16.3. The van der Waals surface area contributed by atoms with Crippen LogP contribution in [0.25, 0.3) is 10.8 Å². The van der Waals surface area contributed by atoms with Gasteiger partial charge in [0, 0.05) is 16.0 Å². The highest BCUT2D eigenvalue weighted by Crippen LogP contribution is 2.44. The summed E-state index contributed by atoms with van der Waals surface area (Å²) < 4.78 is 5.27. The average molecular weight is 473 g/mol. The minimum absolute atomic E-state index is 0.185. The van der Waals surface area contributed by atoms with Crippen LogP contribution < -0.4 is 10.6 Å². The van der Waals surface area contributed by atoms with Crippen molar-refractivity contribution in [2.75, 3.05) is 10.6 Å². The number of hydrogen-bond acceptors (Lipinski definition) is 4. The molecule has 0 spiro atoms. The van der Waals surface area contributed by atoms with Gasteiger partial charge in [0.2, 0.25) is 0 Å². The lowest BCUT2D eigenvalue weighted by Gasteiger charge is -2.33. The van der Waals surface area contributed by atoms with Crippen molar-refractivity contribution in [2.45, 2.75) is 40.0 Å². The maximum absolute atomic E-state index is 13.7. The number of amides is 2. The molecule has 2 amide bonds. The van der Waals surface area contributed by atoms with Gasteiger partial charge in [0.25, 0.3) is 11.8 Å². The molecule has 0 unspecified atom stereocenters. The van der Waals surface area contributed by atoms with Crippen LogP contribution in [0.2, 0.25) is 0 Å². The molecule has 2 heterocycles. The van der Waals surface area contributed by atoms with Crippen LogP contribution in [-0.4, -0.2) is 11.8 Å². The number of benzene rings is 2. The third-order valence-electron chi connectivity index (χ3n) is 6.73. The number of furan rings is 1. The second kappa shape index (κ2) is 8.76. The Balaban J connectivity index is 1.52. The third kappa shape index (κ3) is 4.26. The van der Waals surface area contributed by atoms with Gasteiger partial charge in [-0.3, -0.25) is 9.59 Å². The van der Waals surface area contributed by atoms with Crippen molar-refractivity contribution in [3.63, 3.8) is 0 Å². The van der Waals surface area contributed by atoms with Gasteiger partial charge in [-0.15, -0.1) is 11.3 Å². The summed E-state index contributed by atoms with van der Waals surface area (Å²) in [7, 11) is 0. The molecular formula is C28H28N2O3S. The molecule has 0 fully saturated rings. The lowest BCUT2D eigenvalue weighted by atomic mass is 9.72. The molecule has 1 atom stereocenters. The van der Waals surface area contributed by atoms with Gasteiger partial charge in [-0.25, -0.2) is 0 Å². The number of carbonyl (C=O) groups is 2. The number of rotatable bonds is 4. The summed E-state index contributed by atoms with van der Waals surface area (Å²) in [6, 6.07) is 17.2. The monoisotopic (exact) mass is 472 g/mol. The topological polar surface area (TPSA) is 71.3 Å². The fourth-order valence-corrected chi connectivity index (χ4v) is 6.07. The molecule has 5 rings (SSSR count). The van der Waals surface area contributed by atoms with E-state index in [4.69, 9.17) is 4.42 Å². The highest BCUT2D eigenvalue weighted by Gasteiger charge is 2.34. The molecule has 1 aliphatic carbocycles. The molecule has 4 aromatic rings. The van der Waals surface area contributed by atoms with Crippen molar-refractivity contribution < 1.29 is 14.0 Å². The first-order valence-electron chi connectivity index (χ1n) is 11.6. The van der Waals surface area contributed by atoms with E-state index in [1.54, 1.807) is 12.1 Å². The van der Waals surface area contributed by atoms with Crippen molar-refractivity contribution in [3.05, 3.63) is 82.6 Å². The number of nitrogens with one attached hydrogen (secondary N) is 2. The van der Waals surface area contributed by atoms with Crippen LogP contribution in [0.5, 0.6) is 0 Å². The predicted molar refractivity (Wildman–Crippen MR) is 138 cm³/mol. The fraction of sp³-hybridized carbons (Fsp3) is 0.286. The summed E-state index contributed by atoms with van der Waals surface area (Å²) in [5.74, 6) is 0.202. The van der Waals surface area contributed by atoms with Crippen LogP contribution in [0.15, 0.2) is 65.3 Å². The number of anilines is 2. The molecule has 34 heavy (non-hydrogen) atoms. The van der Waals surface area contributed by atoms with Crippen LogP contribution in [-0.2, 0) is 12.8 Å². The molecule has 174 valence electrons. The molecular weight excluding hydrogens is 444 g/mol. The minimum Gasteiger partial charge on any atom is -0.459 e. The standard InChI is InChI=1S/C28H28N2O3S/c1-28(2,3)18-13-14-20-23(16-18)34-27(30-25(31)22-12-7-15-33-22)24(20)26(32)29-21-11-6-9-17-8-4-5-10-19(17)21/h4-12,15,18H,13-14,16H2,1-3H3,(H,29,32)(H,30,31)/t18-/m1/s1. The Morgan fingerprint density at radius 2 is 1.76 bits per heavy atom. The molecule has 0 saturated carbocycles. The quantitative estimate of drug-likeness (QED) is 0.331. The summed E-state index contributed by atoms with van der Waals surface area (Å²) in [6.07, 6.45) is 4.22. The van der Waals surface area contributed by atoms with E-state index in [9.17, 15) is 9.59 Å². The zero-order valence-corrected chi connectivity index (χ0v) is 20.4. The summed E-state index contributed by atoms with van der Waals surface area (Å²) in [5, 5.41) is 8.70. The Bertz CT molecular complexity index is 1360. The molecule has 0 bridgehead atoms. The zero-order chi connectivity index (χ0) is 23.9. The van der Waals surface area contributed by atoms with Crippen molar-refractivity contribution in [1.82, 2.24) is 0 Å². The van der Waals surface area contributed by atoms with Crippen LogP contribution in [0.3, 0.4) is 0 Å². The fourth-order valence-electron chi connectivity index (χ4n) is 4.75. The van der Waals surface area contributed by atoms with E-state index in [2.05, 4.69) is 31.4 Å².